The first-order valence-electron chi connectivity index (χ1n) is 7.52. The van der Waals surface area contributed by atoms with Crippen LogP contribution in [0.1, 0.15) is 31.7 Å². The van der Waals surface area contributed by atoms with E-state index in [4.69, 9.17) is 0 Å². The molecule has 0 atom stereocenters. The number of quaternary nitrogens is 1. The van der Waals surface area contributed by atoms with Crippen LogP contribution >= 0.6 is 0 Å². The summed E-state index contributed by atoms with van der Waals surface area (Å²) in [5.41, 5.74) is 2.04. The molecule has 0 aliphatic carbocycles. The fourth-order valence-corrected chi connectivity index (χ4v) is 2.94. The van der Waals surface area contributed by atoms with Crippen LogP contribution in [-0.4, -0.2) is 42.8 Å². The maximum atomic E-state index is 9.85. The molecule has 0 bridgehead atoms. The fraction of sp³-hybridized carbons (Fsp3) is 0.625. The van der Waals surface area contributed by atoms with E-state index < -0.39 is 0 Å². The Bertz CT molecular complexity index is 417. The van der Waals surface area contributed by atoms with Gasteiger partial charge in [0.15, 0.2) is 0 Å². The average Bonchev–Trinajstić information content (AvgIpc) is 2.39. The summed E-state index contributed by atoms with van der Waals surface area (Å²) in [6.07, 6.45) is 5.00. The van der Waals surface area contributed by atoms with Crippen molar-refractivity contribution in [2.75, 3.05) is 38.5 Å². The van der Waals surface area contributed by atoms with E-state index in [0.29, 0.717) is 5.75 Å². The molecular weight excluding hydrogens is 272 g/mol. The van der Waals surface area contributed by atoms with Gasteiger partial charge in [-0.2, -0.15) is 0 Å². The molecule has 114 valence electrons. The fourth-order valence-electron chi connectivity index (χ4n) is 2.94. The Morgan fingerprint density at radius 3 is 2.50 bits per heavy atom. The van der Waals surface area contributed by atoms with Crippen molar-refractivity contribution >= 4 is 5.69 Å². The van der Waals surface area contributed by atoms with Gasteiger partial charge in [0.1, 0.15) is 5.75 Å². The van der Waals surface area contributed by atoms with E-state index in [-0.39, 0.29) is 12.4 Å². The van der Waals surface area contributed by atoms with E-state index in [0.717, 1.165) is 30.8 Å². The molecule has 1 aromatic carbocycles. The molecule has 3 nitrogen and oxygen atoms in total. The highest BCUT2D eigenvalue weighted by Gasteiger charge is 2.23. The summed E-state index contributed by atoms with van der Waals surface area (Å²) in [5, 5.41) is 13.3. The molecule has 0 saturated carbocycles. The maximum Gasteiger partial charge on any atom is 0.120 e. The SMILES string of the molecule is CCc1ccc(NCC[N+]2(C)CCCCC2)cc1O.[Cl-]. The highest BCUT2D eigenvalue weighted by Crippen LogP contribution is 2.22. The van der Waals surface area contributed by atoms with Crippen LogP contribution in [0.2, 0.25) is 0 Å². The number of aryl methyl sites for hydroxylation is 1. The van der Waals surface area contributed by atoms with E-state index in [1.807, 2.05) is 12.1 Å². The number of likely N-dealkylation sites (N-methyl/N-ethyl adjacent to an activating group) is 1. The van der Waals surface area contributed by atoms with Gasteiger partial charge in [-0.15, -0.1) is 0 Å². The lowest BCUT2D eigenvalue weighted by Crippen LogP contribution is -3.00. The summed E-state index contributed by atoms with van der Waals surface area (Å²) in [6.45, 7) is 6.81. The Hall–Kier alpha value is -0.930. The maximum absolute atomic E-state index is 9.85. The van der Waals surface area contributed by atoms with Crippen LogP contribution in [0.15, 0.2) is 18.2 Å². The van der Waals surface area contributed by atoms with E-state index in [1.54, 1.807) is 0 Å². The van der Waals surface area contributed by atoms with Gasteiger partial charge in [-0.05, 0) is 37.3 Å². The Kier molecular flexibility index (Phi) is 6.63. The number of likely N-dealkylation sites (tertiary alicyclic amines) is 1. The van der Waals surface area contributed by atoms with Crippen molar-refractivity contribution < 1.29 is 22.0 Å². The minimum atomic E-state index is 0. The molecule has 1 heterocycles. The molecule has 0 amide bonds. The number of phenols is 1. The summed E-state index contributed by atoms with van der Waals surface area (Å²) < 4.78 is 1.19. The second-order valence-corrected chi connectivity index (χ2v) is 5.97. The van der Waals surface area contributed by atoms with Crippen molar-refractivity contribution in [2.45, 2.75) is 32.6 Å². The van der Waals surface area contributed by atoms with Gasteiger partial charge in [0.2, 0.25) is 0 Å². The van der Waals surface area contributed by atoms with Crippen LogP contribution in [0.4, 0.5) is 5.69 Å². The third kappa shape index (κ3) is 4.57. The zero-order valence-corrected chi connectivity index (χ0v) is 13.4. The van der Waals surface area contributed by atoms with E-state index >= 15 is 0 Å². The number of phenolic OH excluding ortho intramolecular Hbond substituents is 1. The number of anilines is 1. The van der Waals surface area contributed by atoms with Crippen LogP contribution in [-0.2, 0) is 6.42 Å². The summed E-state index contributed by atoms with van der Waals surface area (Å²) in [7, 11) is 2.36. The lowest BCUT2D eigenvalue weighted by atomic mass is 10.1. The standard InChI is InChI=1S/C16H26N2O.ClH/c1-3-14-7-8-15(13-16(14)19)17-9-12-18(2)10-5-4-6-11-18;/h7-8,13,17H,3-6,9-12H2,1-2H3;1H. The summed E-state index contributed by atoms with van der Waals surface area (Å²) in [4.78, 5) is 0. The lowest BCUT2D eigenvalue weighted by molar-refractivity contribution is -0.912. The van der Waals surface area contributed by atoms with Crippen molar-refractivity contribution in [3.05, 3.63) is 23.8 Å². The minimum Gasteiger partial charge on any atom is -1.00 e. The molecule has 0 spiro atoms. The average molecular weight is 299 g/mol. The Balaban J connectivity index is 0.00000200. The van der Waals surface area contributed by atoms with Gasteiger partial charge in [0.25, 0.3) is 0 Å². The molecule has 1 saturated heterocycles. The number of nitrogens with zero attached hydrogens (tertiary/aromatic N) is 1. The quantitative estimate of drug-likeness (QED) is 0.750. The van der Waals surface area contributed by atoms with Crippen LogP contribution in [0, 0.1) is 0 Å². The highest BCUT2D eigenvalue weighted by molar-refractivity contribution is 5.51. The van der Waals surface area contributed by atoms with Gasteiger partial charge in [-0.1, -0.05) is 13.0 Å². The van der Waals surface area contributed by atoms with Crippen LogP contribution in [0.5, 0.6) is 5.75 Å². The van der Waals surface area contributed by atoms with Crippen LogP contribution < -0.4 is 17.7 Å². The number of piperidine rings is 1. The van der Waals surface area contributed by atoms with Gasteiger partial charge in [-0.25, -0.2) is 0 Å². The second kappa shape index (κ2) is 7.75. The molecule has 2 N–H and O–H groups in total. The Morgan fingerprint density at radius 2 is 1.90 bits per heavy atom. The molecule has 1 aliphatic rings. The molecule has 0 unspecified atom stereocenters. The number of hydrogen-bond donors (Lipinski definition) is 2. The van der Waals surface area contributed by atoms with Crippen LogP contribution in [0.3, 0.4) is 0 Å². The predicted octanol–water partition coefficient (Wildman–Crippen LogP) is 0.00100. The molecule has 0 radical (unpaired) electrons. The molecule has 1 aliphatic heterocycles. The van der Waals surface area contributed by atoms with Gasteiger partial charge in [0.05, 0.1) is 33.2 Å². The Labute approximate surface area is 129 Å². The third-order valence-electron chi connectivity index (χ3n) is 4.34. The normalized spacial score (nSPS) is 17.3. The van der Waals surface area contributed by atoms with Gasteiger partial charge >= 0.3 is 0 Å². The Morgan fingerprint density at radius 1 is 1.20 bits per heavy atom. The molecule has 4 heteroatoms. The first-order valence-corrected chi connectivity index (χ1v) is 7.52. The topological polar surface area (TPSA) is 32.3 Å². The van der Waals surface area contributed by atoms with Gasteiger partial charge in [-0.3, -0.25) is 0 Å². The molecule has 20 heavy (non-hydrogen) atoms. The number of nitrogens with one attached hydrogen (secondary N) is 1. The van der Waals surface area contributed by atoms with E-state index in [2.05, 4.69) is 25.4 Å². The number of halogens is 1. The number of aromatic hydroxyl groups is 1. The zero-order valence-electron chi connectivity index (χ0n) is 12.7. The monoisotopic (exact) mass is 298 g/mol. The third-order valence-corrected chi connectivity index (χ3v) is 4.34. The van der Waals surface area contributed by atoms with Crippen molar-refractivity contribution in [2.24, 2.45) is 0 Å². The minimum absolute atomic E-state index is 0. The summed E-state index contributed by atoms with van der Waals surface area (Å²) in [5.74, 6) is 0.408. The van der Waals surface area contributed by atoms with Gasteiger partial charge < -0.3 is 27.3 Å². The highest BCUT2D eigenvalue weighted by atomic mass is 35.5. The van der Waals surface area contributed by atoms with Crippen molar-refractivity contribution in [1.29, 1.82) is 0 Å². The lowest BCUT2D eigenvalue weighted by Gasteiger charge is -2.37. The van der Waals surface area contributed by atoms with Crippen LogP contribution in [0.25, 0.3) is 0 Å². The van der Waals surface area contributed by atoms with Gasteiger partial charge in [0, 0.05) is 11.8 Å². The number of hydrogen-bond acceptors (Lipinski definition) is 2. The molecule has 1 aromatic rings. The van der Waals surface area contributed by atoms with Crippen molar-refractivity contribution in [1.82, 2.24) is 0 Å². The first-order chi connectivity index (χ1) is 9.13. The van der Waals surface area contributed by atoms with Crippen molar-refractivity contribution in [3.63, 3.8) is 0 Å². The molecular formula is C16H27ClN2O. The predicted molar refractivity (Wildman–Crippen MR) is 80.6 cm³/mol. The van der Waals surface area contributed by atoms with E-state index in [1.165, 1.54) is 36.8 Å². The molecule has 0 aromatic heterocycles. The smallest absolute Gasteiger partial charge is 0.120 e. The van der Waals surface area contributed by atoms with Crippen molar-refractivity contribution in [3.8, 4) is 5.75 Å². The number of benzene rings is 1. The first kappa shape index (κ1) is 17.1. The molecule has 2 rings (SSSR count). The largest absolute Gasteiger partial charge is 1.00 e. The number of rotatable bonds is 5. The zero-order chi connectivity index (χ0) is 13.7. The second-order valence-electron chi connectivity index (χ2n) is 5.97. The molecule has 1 fully saturated rings. The summed E-state index contributed by atoms with van der Waals surface area (Å²) in [6, 6.07) is 5.92. The summed E-state index contributed by atoms with van der Waals surface area (Å²) >= 11 is 0. The van der Waals surface area contributed by atoms with E-state index in [9.17, 15) is 5.11 Å².